The van der Waals surface area contributed by atoms with Gasteiger partial charge in [0.15, 0.2) is 0 Å². The van der Waals surface area contributed by atoms with Crippen LogP contribution < -0.4 is 15.4 Å². The van der Waals surface area contributed by atoms with Gasteiger partial charge in [0.25, 0.3) is 0 Å². The summed E-state index contributed by atoms with van der Waals surface area (Å²) in [5.74, 6) is 1.29. The Kier molecular flexibility index (Phi) is 3.91. The van der Waals surface area contributed by atoms with E-state index in [0.717, 1.165) is 25.2 Å². The van der Waals surface area contributed by atoms with Crippen LogP contribution in [-0.2, 0) is 0 Å². The van der Waals surface area contributed by atoms with Crippen LogP contribution >= 0.6 is 0 Å². The van der Waals surface area contributed by atoms with Crippen LogP contribution in [0.1, 0.15) is 26.7 Å². The Labute approximate surface area is 108 Å². The van der Waals surface area contributed by atoms with Gasteiger partial charge in [0.2, 0.25) is 5.88 Å². The highest BCUT2D eigenvalue weighted by molar-refractivity contribution is 5.54. The van der Waals surface area contributed by atoms with Crippen molar-refractivity contribution in [1.29, 1.82) is 0 Å². The van der Waals surface area contributed by atoms with E-state index in [1.165, 1.54) is 0 Å². The first-order valence-electron chi connectivity index (χ1n) is 6.42. The third kappa shape index (κ3) is 3.04. The molecule has 1 saturated heterocycles. The maximum absolute atomic E-state index is 9.68. The van der Waals surface area contributed by atoms with Crippen LogP contribution in [0.2, 0.25) is 0 Å². The van der Waals surface area contributed by atoms with E-state index in [1.54, 1.807) is 6.07 Å². The number of anilines is 2. The van der Waals surface area contributed by atoms with Crippen molar-refractivity contribution in [2.24, 2.45) is 0 Å². The molecule has 18 heavy (non-hydrogen) atoms. The van der Waals surface area contributed by atoms with Crippen molar-refractivity contribution in [1.82, 2.24) is 4.98 Å². The van der Waals surface area contributed by atoms with Gasteiger partial charge in [-0.1, -0.05) is 0 Å². The van der Waals surface area contributed by atoms with Crippen molar-refractivity contribution in [2.75, 3.05) is 23.7 Å². The molecule has 0 radical (unpaired) electrons. The molecule has 5 heteroatoms. The Balaban J connectivity index is 2.17. The van der Waals surface area contributed by atoms with Crippen LogP contribution in [0.15, 0.2) is 12.1 Å². The summed E-state index contributed by atoms with van der Waals surface area (Å²) in [4.78, 5) is 6.51. The second-order valence-electron chi connectivity index (χ2n) is 4.97. The summed E-state index contributed by atoms with van der Waals surface area (Å²) in [5, 5.41) is 9.68. The third-order valence-electron chi connectivity index (χ3n) is 2.94. The van der Waals surface area contributed by atoms with Gasteiger partial charge in [-0.2, -0.15) is 4.98 Å². The molecule has 1 aliphatic heterocycles. The summed E-state index contributed by atoms with van der Waals surface area (Å²) in [6.45, 7) is 5.42. The average Bonchev–Trinajstić information content (AvgIpc) is 2.31. The molecule has 0 bridgehead atoms. The highest BCUT2D eigenvalue weighted by Crippen LogP contribution is 2.25. The Morgan fingerprint density at radius 2 is 2.28 bits per heavy atom. The number of hydrogen-bond acceptors (Lipinski definition) is 5. The highest BCUT2D eigenvalue weighted by atomic mass is 16.5. The zero-order valence-electron chi connectivity index (χ0n) is 11.0. The monoisotopic (exact) mass is 251 g/mol. The van der Waals surface area contributed by atoms with Crippen molar-refractivity contribution in [3.05, 3.63) is 12.1 Å². The van der Waals surface area contributed by atoms with E-state index in [0.29, 0.717) is 18.1 Å². The highest BCUT2D eigenvalue weighted by Gasteiger charge is 2.19. The number of pyridine rings is 1. The first-order chi connectivity index (χ1) is 8.56. The molecule has 1 atom stereocenters. The number of aliphatic hydroxyl groups excluding tert-OH is 1. The lowest BCUT2D eigenvalue weighted by Crippen LogP contribution is -2.38. The van der Waals surface area contributed by atoms with Crippen LogP contribution in [0.4, 0.5) is 11.5 Å². The van der Waals surface area contributed by atoms with Crippen molar-refractivity contribution < 1.29 is 9.84 Å². The SMILES string of the molecule is CC(C)Oc1nc(N2CCCC(O)C2)ccc1N. The van der Waals surface area contributed by atoms with Gasteiger partial charge in [-0.15, -0.1) is 0 Å². The summed E-state index contributed by atoms with van der Waals surface area (Å²) in [6.07, 6.45) is 1.61. The van der Waals surface area contributed by atoms with Gasteiger partial charge in [-0.05, 0) is 38.8 Å². The predicted octanol–water partition coefficient (Wildman–Crippen LogP) is 1.41. The molecule has 2 heterocycles. The number of nitrogen functional groups attached to an aromatic ring is 1. The number of piperidine rings is 1. The predicted molar refractivity (Wildman–Crippen MR) is 71.9 cm³/mol. The summed E-state index contributed by atoms with van der Waals surface area (Å²) in [5.41, 5.74) is 6.39. The van der Waals surface area contributed by atoms with Crippen molar-refractivity contribution in [3.63, 3.8) is 0 Å². The molecule has 0 aliphatic carbocycles. The molecule has 0 spiro atoms. The van der Waals surface area contributed by atoms with E-state index in [2.05, 4.69) is 9.88 Å². The van der Waals surface area contributed by atoms with Gasteiger partial charge in [0.1, 0.15) is 5.82 Å². The molecular weight excluding hydrogens is 230 g/mol. The smallest absolute Gasteiger partial charge is 0.239 e. The standard InChI is InChI=1S/C13H21N3O2/c1-9(2)18-13-11(14)5-6-12(15-13)16-7-3-4-10(17)8-16/h5-6,9-10,17H,3-4,7-8,14H2,1-2H3. The van der Waals surface area contributed by atoms with Gasteiger partial charge in [-0.3, -0.25) is 0 Å². The molecule has 0 amide bonds. The average molecular weight is 251 g/mol. The summed E-state index contributed by atoms with van der Waals surface area (Å²) < 4.78 is 5.58. The van der Waals surface area contributed by atoms with Gasteiger partial charge in [0.05, 0.1) is 17.9 Å². The molecule has 2 rings (SSSR count). The molecule has 1 aromatic heterocycles. The number of aromatic nitrogens is 1. The largest absolute Gasteiger partial charge is 0.473 e. The Hall–Kier alpha value is -1.49. The summed E-state index contributed by atoms with van der Waals surface area (Å²) in [7, 11) is 0. The second-order valence-corrected chi connectivity index (χ2v) is 4.97. The van der Waals surface area contributed by atoms with Crippen LogP contribution in [0, 0.1) is 0 Å². The van der Waals surface area contributed by atoms with Crippen LogP contribution in [0.3, 0.4) is 0 Å². The minimum Gasteiger partial charge on any atom is -0.473 e. The Bertz CT molecular complexity index is 409. The molecule has 100 valence electrons. The molecule has 3 N–H and O–H groups in total. The van der Waals surface area contributed by atoms with E-state index in [9.17, 15) is 5.11 Å². The number of rotatable bonds is 3. The molecule has 0 aromatic carbocycles. The van der Waals surface area contributed by atoms with Crippen molar-refractivity contribution >= 4 is 11.5 Å². The number of β-amino-alcohol motifs (C(OH)–C–C–N with tert-alkyl or cyclic N) is 1. The third-order valence-corrected chi connectivity index (χ3v) is 2.94. The van der Waals surface area contributed by atoms with Gasteiger partial charge in [0, 0.05) is 13.1 Å². The number of aliphatic hydroxyl groups is 1. The fraction of sp³-hybridized carbons (Fsp3) is 0.615. The lowest BCUT2D eigenvalue weighted by Gasteiger charge is -2.31. The molecule has 1 aliphatic rings. The fourth-order valence-electron chi connectivity index (χ4n) is 2.10. The normalized spacial score (nSPS) is 20.2. The molecular formula is C13H21N3O2. The van der Waals surface area contributed by atoms with Gasteiger partial charge in [-0.25, -0.2) is 0 Å². The van der Waals surface area contributed by atoms with E-state index >= 15 is 0 Å². The first-order valence-corrected chi connectivity index (χ1v) is 6.42. The van der Waals surface area contributed by atoms with E-state index < -0.39 is 0 Å². The fourth-order valence-corrected chi connectivity index (χ4v) is 2.10. The molecule has 1 aromatic rings. The summed E-state index contributed by atoms with van der Waals surface area (Å²) in [6, 6.07) is 3.68. The number of nitrogens with two attached hydrogens (primary N) is 1. The van der Waals surface area contributed by atoms with E-state index in [-0.39, 0.29) is 12.2 Å². The minimum atomic E-state index is -0.271. The Morgan fingerprint density at radius 3 is 2.94 bits per heavy atom. The maximum atomic E-state index is 9.68. The number of ether oxygens (including phenoxy) is 1. The molecule has 0 saturated carbocycles. The first kappa shape index (κ1) is 13.0. The van der Waals surface area contributed by atoms with Crippen LogP contribution in [-0.4, -0.2) is 35.4 Å². The van der Waals surface area contributed by atoms with Gasteiger partial charge < -0.3 is 20.5 Å². The van der Waals surface area contributed by atoms with Crippen molar-refractivity contribution in [3.8, 4) is 5.88 Å². The number of hydrogen-bond donors (Lipinski definition) is 2. The van der Waals surface area contributed by atoms with Crippen molar-refractivity contribution in [2.45, 2.75) is 38.9 Å². The molecule has 1 unspecified atom stereocenters. The zero-order valence-corrected chi connectivity index (χ0v) is 11.0. The molecule has 1 fully saturated rings. The van der Waals surface area contributed by atoms with Gasteiger partial charge >= 0.3 is 0 Å². The van der Waals surface area contributed by atoms with E-state index in [1.807, 2.05) is 19.9 Å². The van der Waals surface area contributed by atoms with Crippen LogP contribution in [0.5, 0.6) is 5.88 Å². The van der Waals surface area contributed by atoms with E-state index in [4.69, 9.17) is 10.5 Å². The summed E-state index contributed by atoms with van der Waals surface area (Å²) >= 11 is 0. The topological polar surface area (TPSA) is 71.6 Å². The number of nitrogens with zero attached hydrogens (tertiary/aromatic N) is 2. The second kappa shape index (κ2) is 5.44. The molecule has 5 nitrogen and oxygen atoms in total. The quantitative estimate of drug-likeness (QED) is 0.850. The zero-order chi connectivity index (χ0) is 13.1. The minimum absolute atomic E-state index is 0.0435. The lowest BCUT2D eigenvalue weighted by molar-refractivity contribution is 0.153. The lowest BCUT2D eigenvalue weighted by atomic mass is 10.1. The Morgan fingerprint density at radius 1 is 1.50 bits per heavy atom. The van der Waals surface area contributed by atoms with Crippen LogP contribution in [0.25, 0.3) is 0 Å². The maximum Gasteiger partial charge on any atom is 0.239 e.